The van der Waals surface area contributed by atoms with Crippen LogP contribution in [0.25, 0.3) is 11.1 Å². The first-order chi connectivity index (χ1) is 8.53. The number of nitrogens with zero attached hydrogens (tertiary/aromatic N) is 1. The quantitative estimate of drug-likeness (QED) is 0.853. The van der Waals surface area contributed by atoms with Crippen LogP contribution < -0.4 is 5.32 Å². The van der Waals surface area contributed by atoms with E-state index in [0.717, 1.165) is 16.7 Å². The second-order valence-corrected chi connectivity index (χ2v) is 4.85. The fourth-order valence-electron chi connectivity index (χ4n) is 1.75. The normalized spacial score (nSPS) is 11.7. The molecular weight excluding hydrogens is 232 g/mol. The number of aliphatic hydroxyl groups is 1. The third kappa shape index (κ3) is 2.51. The Morgan fingerprint density at radius 2 is 2.28 bits per heavy atom. The van der Waals surface area contributed by atoms with Gasteiger partial charge in [0.1, 0.15) is 12.1 Å². The largest absolute Gasteiger partial charge is 0.443 e. The van der Waals surface area contributed by atoms with Crippen molar-refractivity contribution in [1.29, 1.82) is 0 Å². The first-order valence-electron chi connectivity index (χ1n) is 5.74. The Balaban J connectivity index is 2.19. The Labute approximate surface area is 105 Å². The van der Waals surface area contributed by atoms with Crippen LogP contribution in [0.1, 0.15) is 19.4 Å². The molecule has 1 aromatic carbocycles. The molecule has 2 N–H and O–H groups in total. The predicted octanol–water partition coefficient (Wildman–Crippen LogP) is 1.21. The third-order valence-corrected chi connectivity index (χ3v) is 2.98. The zero-order valence-corrected chi connectivity index (χ0v) is 10.4. The van der Waals surface area contributed by atoms with E-state index in [9.17, 15) is 4.79 Å². The Morgan fingerprint density at radius 3 is 3.00 bits per heavy atom. The van der Waals surface area contributed by atoms with Crippen molar-refractivity contribution in [2.24, 2.45) is 0 Å². The van der Waals surface area contributed by atoms with Crippen LogP contribution in [-0.4, -0.2) is 29.1 Å². The second-order valence-electron chi connectivity index (χ2n) is 4.85. The lowest BCUT2D eigenvalue weighted by Crippen LogP contribution is -2.37. The first-order valence-corrected chi connectivity index (χ1v) is 5.74. The highest BCUT2D eigenvalue weighted by Gasteiger charge is 2.22. The molecule has 0 saturated heterocycles. The lowest BCUT2D eigenvalue weighted by molar-refractivity contribution is -0.124. The summed E-state index contributed by atoms with van der Waals surface area (Å²) in [6.07, 6.45) is 1.41. The number of benzene rings is 1. The summed E-state index contributed by atoms with van der Waals surface area (Å²) in [5, 5.41) is 11.4. The van der Waals surface area contributed by atoms with Crippen molar-refractivity contribution in [1.82, 2.24) is 10.3 Å². The number of hydrogen-bond acceptors (Lipinski definition) is 4. The van der Waals surface area contributed by atoms with Gasteiger partial charge in [0.25, 0.3) is 0 Å². The molecule has 18 heavy (non-hydrogen) atoms. The smallest absolute Gasteiger partial charge is 0.245 e. The second kappa shape index (κ2) is 4.78. The SMILES string of the molecule is CC(C)(CNC(=O)CO)c1ccc2ncoc2c1. The van der Waals surface area contributed by atoms with Gasteiger partial charge in [-0.05, 0) is 17.7 Å². The number of aromatic nitrogens is 1. The molecule has 0 aliphatic carbocycles. The monoisotopic (exact) mass is 248 g/mol. The van der Waals surface area contributed by atoms with E-state index >= 15 is 0 Å². The number of hydrogen-bond donors (Lipinski definition) is 2. The zero-order valence-electron chi connectivity index (χ0n) is 10.4. The lowest BCUT2D eigenvalue weighted by Gasteiger charge is -2.25. The highest BCUT2D eigenvalue weighted by Crippen LogP contribution is 2.25. The van der Waals surface area contributed by atoms with Crippen molar-refractivity contribution in [2.45, 2.75) is 19.3 Å². The fourth-order valence-corrected chi connectivity index (χ4v) is 1.75. The number of nitrogens with one attached hydrogen (secondary N) is 1. The maximum absolute atomic E-state index is 11.1. The fraction of sp³-hybridized carbons (Fsp3) is 0.385. The molecule has 1 amide bonds. The molecule has 2 aromatic rings. The van der Waals surface area contributed by atoms with Gasteiger partial charge in [-0.25, -0.2) is 4.98 Å². The number of rotatable bonds is 4. The van der Waals surface area contributed by atoms with E-state index in [0.29, 0.717) is 6.54 Å². The molecule has 2 rings (SSSR count). The van der Waals surface area contributed by atoms with Gasteiger partial charge in [0, 0.05) is 12.0 Å². The first kappa shape index (κ1) is 12.6. The standard InChI is InChI=1S/C13H16N2O3/c1-13(2,7-14-12(17)6-16)9-3-4-10-11(5-9)18-8-15-10/h3-5,8,16H,6-7H2,1-2H3,(H,14,17). The molecule has 96 valence electrons. The summed E-state index contributed by atoms with van der Waals surface area (Å²) in [4.78, 5) is 15.1. The molecule has 0 radical (unpaired) electrons. The van der Waals surface area contributed by atoms with Gasteiger partial charge in [0.05, 0.1) is 0 Å². The molecule has 0 bridgehead atoms. The van der Waals surface area contributed by atoms with Crippen LogP contribution in [-0.2, 0) is 10.2 Å². The molecule has 0 spiro atoms. The van der Waals surface area contributed by atoms with E-state index in [1.807, 2.05) is 32.0 Å². The minimum Gasteiger partial charge on any atom is -0.443 e. The Bertz CT molecular complexity index is 560. The van der Waals surface area contributed by atoms with E-state index < -0.39 is 6.61 Å². The zero-order chi connectivity index (χ0) is 13.2. The summed E-state index contributed by atoms with van der Waals surface area (Å²) in [5.41, 5.74) is 2.35. The molecule has 0 fully saturated rings. The van der Waals surface area contributed by atoms with Crippen LogP contribution in [0, 0.1) is 0 Å². The summed E-state index contributed by atoms with van der Waals surface area (Å²) in [6, 6.07) is 5.78. The van der Waals surface area contributed by atoms with Crippen LogP contribution in [0.4, 0.5) is 0 Å². The van der Waals surface area contributed by atoms with Gasteiger partial charge in [0.2, 0.25) is 5.91 Å². The Kier molecular flexibility index (Phi) is 3.34. The van der Waals surface area contributed by atoms with Crippen molar-refractivity contribution in [3.8, 4) is 0 Å². The molecule has 1 heterocycles. The van der Waals surface area contributed by atoms with Crippen LogP contribution in [0.2, 0.25) is 0 Å². The van der Waals surface area contributed by atoms with Gasteiger partial charge in [-0.2, -0.15) is 0 Å². The molecule has 0 unspecified atom stereocenters. The molecule has 5 heteroatoms. The molecular formula is C13H16N2O3. The van der Waals surface area contributed by atoms with Crippen LogP contribution >= 0.6 is 0 Å². The highest BCUT2D eigenvalue weighted by atomic mass is 16.3. The average Bonchev–Trinajstić information content (AvgIpc) is 2.83. The summed E-state index contributed by atoms with van der Waals surface area (Å²) in [6.45, 7) is 3.99. The van der Waals surface area contributed by atoms with E-state index in [2.05, 4.69) is 10.3 Å². The van der Waals surface area contributed by atoms with E-state index in [1.54, 1.807) is 0 Å². The van der Waals surface area contributed by atoms with Gasteiger partial charge in [-0.3, -0.25) is 4.79 Å². The van der Waals surface area contributed by atoms with Crippen molar-refractivity contribution in [3.63, 3.8) is 0 Å². The minimum absolute atomic E-state index is 0.244. The van der Waals surface area contributed by atoms with Crippen LogP contribution in [0.3, 0.4) is 0 Å². The third-order valence-electron chi connectivity index (χ3n) is 2.98. The Morgan fingerprint density at radius 1 is 1.50 bits per heavy atom. The van der Waals surface area contributed by atoms with Gasteiger partial charge in [-0.1, -0.05) is 19.9 Å². The van der Waals surface area contributed by atoms with Crippen molar-refractivity contribution >= 4 is 17.0 Å². The number of aliphatic hydroxyl groups excluding tert-OH is 1. The van der Waals surface area contributed by atoms with Gasteiger partial charge < -0.3 is 14.8 Å². The maximum Gasteiger partial charge on any atom is 0.245 e. The van der Waals surface area contributed by atoms with E-state index in [4.69, 9.17) is 9.52 Å². The lowest BCUT2D eigenvalue weighted by atomic mass is 9.84. The Hall–Kier alpha value is -1.88. The van der Waals surface area contributed by atoms with E-state index in [1.165, 1.54) is 6.39 Å². The number of amides is 1. The van der Waals surface area contributed by atoms with Crippen molar-refractivity contribution in [3.05, 3.63) is 30.2 Å². The number of carbonyl (C=O) groups excluding carboxylic acids is 1. The van der Waals surface area contributed by atoms with Gasteiger partial charge in [0.15, 0.2) is 12.0 Å². The molecule has 0 aliphatic rings. The molecule has 0 aliphatic heterocycles. The summed E-state index contributed by atoms with van der Waals surface area (Å²) >= 11 is 0. The maximum atomic E-state index is 11.1. The highest BCUT2D eigenvalue weighted by molar-refractivity contribution is 5.77. The van der Waals surface area contributed by atoms with Crippen LogP contribution in [0.5, 0.6) is 0 Å². The summed E-state index contributed by atoms with van der Waals surface area (Å²) in [7, 11) is 0. The van der Waals surface area contributed by atoms with Crippen molar-refractivity contribution in [2.75, 3.05) is 13.2 Å². The van der Waals surface area contributed by atoms with Gasteiger partial charge >= 0.3 is 0 Å². The average molecular weight is 248 g/mol. The van der Waals surface area contributed by atoms with Crippen molar-refractivity contribution < 1.29 is 14.3 Å². The summed E-state index contributed by atoms with van der Waals surface area (Å²) in [5.74, 6) is -0.371. The predicted molar refractivity (Wildman–Crippen MR) is 67.1 cm³/mol. The molecule has 5 nitrogen and oxygen atoms in total. The number of fused-ring (bicyclic) bond motifs is 1. The van der Waals surface area contributed by atoms with Crippen LogP contribution in [0.15, 0.2) is 29.0 Å². The molecule has 0 saturated carbocycles. The summed E-state index contributed by atoms with van der Waals surface area (Å²) < 4.78 is 5.26. The number of carbonyl (C=O) groups is 1. The minimum atomic E-state index is -0.489. The number of oxazole rings is 1. The van der Waals surface area contributed by atoms with E-state index in [-0.39, 0.29) is 11.3 Å². The molecule has 0 atom stereocenters. The topological polar surface area (TPSA) is 75.4 Å². The molecule has 1 aromatic heterocycles. The van der Waals surface area contributed by atoms with Gasteiger partial charge in [-0.15, -0.1) is 0 Å².